The second kappa shape index (κ2) is 7.76. The summed E-state index contributed by atoms with van der Waals surface area (Å²) in [6.07, 6.45) is 3.07. The lowest BCUT2D eigenvalue weighted by Gasteiger charge is -2.12. The average molecular weight is 330 g/mol. The number of benzene rings is 1. The Labute approximate surface area is 132 Å². The van der Waals surface area contributed by atoms with Gasteiger partial charge in [0.15, 0.2) is 0 Å². The minimum absolute atomic E-state index is 0. The zero-order valence-electron chi connectivity index (χ0n) is 11.9. The van der Waals surface area contributed by atoms with Crippen molar-refractivity contribution in [3.63, 3.8) is 0 Å². The van der Waals surface area contributed by atoms with E-state index in [1.54, 1.807) is 13.0 Å². The molecule has 1 aliphatic rings. The third-order valence-corrected chi connectivity index (χ3v) is 5.16. The van der Waals surface area contributed by atoms with E-state index in [0.29, 0.717) is 23.7 Å². The van der Waals surface area contributed by atoms with Crippen molar-refractivity contribution >= 4 is 22.4 Å². The SMILES string of the molecule is Cc1cc(C#N)ccc1S(=O)(=O)NCC[C@H]1CCCN1.Cl. The van der Waals surface area contributed by atoms with Crippen molar-refractivity contribution in [3.05, 3.63) is 29.3 Å². The molecule has 1 fully saturated rings. The topological polar surface area (TPSA) is 82.0 Å². The molecule has 0 aromatic heterocycles. The molecule has 1 aliphatic heterocycles. The fourth-order valence-electron chi connectivity index (χ4n) is 2.47. The molecule has 0 saturated carbocycles. The zero-order chi connectivity index (χ0) is 14.6. The van der Waals surface area contributed by atoms with Gasteiger partial charge in [-0.3, -0.25) is 0 Å². The second-order valence-electron chi connectivity index (χ2n) is 5.07. The quantitative estimate of drug-likeness (QED) is 0.861. The molecule has 21 heavy (non-hydrogen) atoms. The summed E-state index contributed by atoms with van der Waals surface area (Å²) in [4.78, 5) is 0.246. The Balaban J connectivity index is 0.00000220. The van der Waals surface area contributed by atoms with Crippen LogP contribution in [0, 0.1) is 18.3 Å². The predicted molar refractivity (Wildman–Crippen MR) is 84.0 cm³/mol. The standard InChI is InChI=1S/C14H19N3O2S.ClH/c1-11-9-12(10-15)4-5-14(11)20(18,19)17-8-6-13-3-2-7-16-13;/h4-5,9,13,16-17H,2-3,6-8H2,1H3;1H/t13-;/m1./s1. The van der Waals surface area contributed by atoms with Crippen molar-refractivity contribution in [1.82, 2.24) is 10.0 Å². The highest BCUT2D eigenvalue weighted by atomic mass is 35.5. The maximum absolute atomic E-state index is 12.2. The van der Waals surface area contributed by atoms with Gasteiger partial charge in [0.2, 0.25) is 10.0 Å². The van der Waals surface area contributed by atoms with Gasteiger partial charge in [-0.15, -0.1) is 12.4 Å². The van der Waals surface area contributed by atoms with Crippen LogP contribution in [0.15, 0.2) is 23.1 Å². The molecule has 1 atom stereocenters. The van der Waals surface area contributed by atoms with Gasteiger partial charge in [0, 0.05) is 12.6 Å². The monoisotopic (exact) mass is 329 g/mol. The number of aryl methyl sites for hydroxylation is 1. The summed E-state index contributed by atoms with van der Waals surface area (Å²) in [6.45, 7) is 3.15. The highest BCUT2D eigenvalue weighted by Gasteiger charge is 2.18. The van der Waals surface area contributed by atoms with E-state index in [1.165, 1.54) is 12.1 Å². The van der Waals surface area contributed by atoms with E-state index >= 15 is 0 Å². The first-order valence-corrected chi connectivity index (χ1v) is 8.25. The van der Waals surface area contributed by atoms with Crippen molar-refractivity contribution in [2.75, 3.05) is 13.1 Å². The van der Waals surface area contributed by atoms with Gasteiger partial charge in [-0.2, -0.15) is 5.26 Å². The summed E-state index contributed by atoms with van der Waals surface area (Å²) < 4.78 is 27.1. The van der Waals surface area contributed by atoms with Gasteiger partial charge in [-0.25, -0.2) is 13.1 Å². The minimum atomic E-state index is -3.49. The molecule has 5 nitrogen and oxygen atoms in total. The van der Waals surface area contributed by atoms with E-state index in [0.717, 1.165) is 25.8 Å². The number of rotatable bonds is 5. The number of nitrogens with one attached hydrogen (secondary N) is 2. The molecule has 1 saturated heterocycles. The molecule has 0 bridgehead atoms. The Morgan fingerprint density at radius 1 is 1.48 bits per heavy atom. The molecule has 0 aliphatic carbocycles. The molecule has 0 unspecified atom stereocenters. The van der Waals surface area contributed by atoms with Crippen LogP contribution in [0.2, 0.25) is 0 Å². The number of halogens is 1. The number of sulfonamides is 1. The van der Waals surface area contributed by atoms with Crippen molar-refractivity contribution in [2.24, 2.45) is 0 Å². The van der Waals surface area contributed by atoms with E-state index in [9.17, 15) is 8.42 Å². The summed E-state index contributed by atoms with van der Waals surface area (Å²) in [6, 6.07) is 7.03. The largest absolute Gasteiger partial charge is 0.314 e. The summed E-state index contributed by atoms with van der Waals surface area (Å²) in [5, 5.41) is 12.1. The summed E-state index contributed by atoms with van der Waals surface area (Å²) in [5.41, 5.74) is 1.06. The van der Waals surface area contributed by atoms with Crippen molar-refractivity contribution in [1.29, 1.82) is 5.26 Å². The number of nitriles is 1. The molecule has 7 heteroatoms. The second-order valence-corrected chi connectivity index (χ2v) is 6.81. The molecule has 0 spiro atoms. The predicted octanol–water partition coefficient (Wildman–Crippen LogP) is 1.71. The number of hydrogen-bond acceptors (Lipinski definition) is 4. The van der Waals surface area contributed by atoms with Crippen LogP contribution in [-0.4, -0.2) is 27.5 Å². The van der Waals surface area contributed by atoms with Gasteiger partial charge in [0.1, 0.15) is 0 Å². The number of nitrogens with zero attached hydrogens (tertiary/aromatic N) is 1. The van der Waals surface area contributed by atoms with E-state index in [-0.39, 0.29) is 17.3 Å². The van der Waals surface area contributed by atoms with Crippen LogP contribution in [0.5, 0.6) is 0 Å². The van der Waals surface area contributed by atoms with E-state index in [2.05, 4.69) is 10.0 Å². The third kappa shape index (κ3) is 4.68. The number of hydrogen-bond donors (Lipinski definition) is 2. The van der Waals surface area contributed by atoms with E-state index < -0.39 is 10.0 Å². The van der Waals surface area contributed by atoms with Crippen LogP contribution >= 0.6 is 12.4 Å². The van der Waals surface area contributed by atoms with Crippen LogP contribution in [0.4, 0.5) is 0 Å². The first-order valence-electron chi connectivity index (χ1n) is 6.77. The van der Waals surface area contributed by atoms with Gasteiger partial charge in [0.25, 0.3) is 0 Å². The maximum Gasteiger partial charge on any atom is 0.240 e. The van der Waals surface area contributed by atoms with E-state index in [4.69, 9.17) is 5.26 Å². The molecule has 2 rings (SSSR count). The van der Waals surface area contributed by atoms with Gasteiger partial charge in [0.05, 0.1) is 16.5 Å². The summed E-state index contributed by atoms with van der Waals surface area (Å²) >= 11 is 0. The molecule has 2 N–H and O–H groups in total. The van der Waals surface area contributed by atoms with Crippen LogP contribution < -0.4 is 10.0 Å². The zero-order valence-corrected chi connectivity index (χ0v) is 13.6. The van der Waals surface area contributed by atoms with Gasteiger partial charge in [-0.1, -0.05) is 0 Å². The van der Waals surface area contributed by atoms with Crippen molar-refractivity contribution in [3.8, 4) is 6.07 Å². The van der Waals surface area contributed by atoms with Crippen LogP contribution in [0.1, 0.15) is 30.4 Å². The first kappa shape index (κ1) is 17.9. The summed E-state index contributed by atoms with van der Waals surface area (Å²) in [7, 11) is -3.49. The molecular weight excluding hydrogens is 310 g/mol. The van der Waals surface area contributed by atoms with Crippen LogP contribution in [0.3, 0.4) is 0 Å². The van der Waals surface area contributed by atoms with Crippen LogP contribution in [-0.2, 0) is 10.0 Å². The van der Waals surface area contributed by atoms with Gasteiger partial charge in [-0.05, 0) is 56.5 Å². The third-order valence-electron chi connectivity index (χ3n) is 3.54. The lowest BCUT2D eigenvalue weighted by Crippen LogP contribution is -2.31. The fraction of sp³-hybridized carbons (Fsp3) is 0.500. The Kier molecular flexibility index (Phi) is 6.62. The Bertz CT molecular complexity index is 620. The molecule has 1 aromatic rings. The minimum Gasteiger partial charge on any atom is -0.314 e. The molecule has 116 valence electrons. The Hall–Kier alpha value is -1.13. The van der Waals surface area contributed by atoms with E-state index in [1.807, 2.05) is 6.07 Å². The Morgan fingerprint density at radius 3 is 2.81 bits per heavy atom. The van der Waals surface area contributed by atoms with Gasteiger partial charge >= 0.3 is 0 Å². The fourth-order valence-corrected chi connectivity index (χ4v) is 3.74. The smallest absolute Gasteiger partial charge is 0.240 e. The average Bonchev–Trinajstić information content (AvgIpc) is 2.91. The first-order chi connectivity index (χ1) is 9.53. The molecular formula is C14H20ClN3O2S. The van der Waals surface area contributed by atoms with Crippen molar-refractivity contribution in [2.45, 2.75) is 37.1 Å². The highest BCUT2D eigenvalue weighted by Crippen LogP contribution is 2.16. The lowest BCUT2D eigenvalue weighted by molar-refractivity contribution is 0.539. The normalized spacial score (nSPS) is 18.0. The maximum atomic E-state index is 12.2. The lowest BCUT2D eigenvalue weighted by atomic mass is 10.2. The Morgan fingerprint density at radius 2 is 2.24 bits per heavy atom. The molecule has 1 heterocycles. The van der Waals surface area contributed by atoms with Crippen LogP contribution in [0.25, 0.3) is 0 Å². The van der Waals surface area contributed by atoms with Gasteiger partial charge < -0.3 is 5.32 Å². The highest BCUT2D eigenvalue weighted by molar-refractivity contribution is 7.89. The summed E-state index contributed by atoms with van der Waals surface area (Å²) in [5.74, 6) is 0. The molecule has 1 aromatic carbocycles. The van der Waals surface area contributed by atoms with Crippen molar-refractivity contribution < 1.29 is 8.42 Å². The molecule has 0 radical (unpaired) electrons. The molecule has 0 amide bonds.